The fraction of sp³-hybridized carbons (Fsp3) is 0.348. The number of carbonyl (C=O) groups excluding carboxylic acids is 3. The third-order valence-electron chi connectivity index (χ3n) is 5.45. The molecule has 4 N–H and O–H groups in total. The Bertz CT molecular complexity index is 980. The van der Waals surface area contributed by atoms with Gasteiger partial charge in [-0.15, -0.1) is 0 Å². The van der Waals surface area contributed by atoms with Gasteiger partial charge in [0.2, 0.25) is 11.8 Å². The number of imide groups is 1. The molecular weight excluding hydrogens is 420 g/mol. The van der Waals surface area contributed by atoms with Crippen LogP contribution in [0.25, 0.3) is 0 Å². The van der Waals surface area contributed by atoms with Gasteiger partial charge in [-0.05, 0) is 43.0 Å². The molecule has 0 saturated carbocycles. The van der Waals surface area contributed by atoms with Crippen molar-refractivity contribution < 1.29 is 28.3 Å². The standard InChI is InChI=1S/C23H25F2N3O4/c1-13(26)22(31)28(23(32)20(29)15-10-16(24)12-17(25)11-15)19-18(8-5-9-27-21(19)30)14-6-3-2-4-7-14/h2-4,6-7,10-13,18-20,29H,5,8-9,26H2,1H3,(H,27,30)/t13-,18+,19-,20+/m0/s1. The van der Waals surface area contributed by atoms with Gasteiger partial charge in [-0.3, -0.25) is 19.3 Å². The molecule has 9 heteroatoms. The number of halogens is 2. The van der Waals surface area contributed by atoms with Gasteiger partial charge in [0.25, 0.3) is 5.91 Å². The molecule has 0 aromatic heterocycles. The van der Waals surface area contributed by atoms with E-state index >= 15 is 0 Å². The first kappa shape index (κ1) is 23.5. The van der Waals surface area contributed by atoms with Gasteiger partial charge in [-0.1, -0.05) is 30.3 Å². The minimum Gasteiger partial charge on any atom is -0.378 e. The Morgan fingerprint density at radius 1 is 1.12 bits per heavy atom. The zero-order valence-electron chi connectivity index (χ0n) is 17.5. The van der Waals surface area contributed by atoms with Crippen LogP contribution in [0.15, 0.2) is 48.5 Å². The summed E-state index contributed by atoms with van der Waals surface area (Å²) in [5.74, 6) is -5.18. The second-order valence-electron chi connectivity index (χ2n) is 7.84. The van der Waals surface area contributed by atoms with E-state index in [1.807, 2.05) is 0 Å². The van der Waals surface area contributed by atoms with Crippen molar-refractivity contribution in [2.75, 3.05) is 6.54 Å². The lowest BCUT2D eigenvalue weighted by atomic mass is 9.86. The molecule has 0 bridgehead atoms. The molecule has 32 heavy (non-hydrogen) atoms. The predicted molar refractivity (Wildman–Crippen MR) is 112 cm³/mol. The maximum atomic E-state index is 13.7. The Hall–Kier alpha value is -3.17. The van der Waals surface area contributed by atoms with Crippen molar-refractivity contribution in [1.82, 2.24) is 10.2 Å². The highest BCUT2D eigenvalue weighted by Gasteiger charge is 2.44. The summed E-state index contributed by atoms with van der Waals surface area (Å²) in [4.78, 5) is 40.0. The molecular formula is C23H25F2N3O4. The summed E-state index contributed by atoms with van der Waals surface area (Å²) in [5, 5.41) is 13.3. The van der Waals surface area contributed by atoms with E-state index in [4.69, 9.17) is 5.73 Å². The molecule has 1 aliphatic heterocycles. The number of nitrogens with two attached hydrogens (primary N) is 1. The van der Waals surface area contributed by atoms with Crippen LogP contribution in [0, 0.1) is 11.6 Å². The van der Waals surface area contributed by atoms with Crippen LogP contribution in [0.2, 0.25) is 0 Å². The normalized spacial score (nSPS) is 20.6. The molecule has 0 spiro atoms. The minimum absolute atomic E-state index is 0.352. The van der Waals surface area contributed by atoms with Crippen LogP contribution < -0.4 is 11.1 Å². The van der Waals surface area contributed by atoms with Gasteiger partial charge >= 0.3 is 0 Å². The van der Waals surface area contributed by atoms with E-state index in [1.54, 1.807) is 30.3 Å². The second-order valence-corrected chi connectivity index (χ2v) is 7.84. The third kappa shape index (κ3) is 5.00. The molecule has 1 heterocycles. The summed E-state index contributed by atoms with van der Waals surface area (Å²) in [6, 6.07) is 8.65. The van der Waals surface area contributed by atoms with E-state index in [2.05, 4.69) is 5.32 Å². The lowest BCUT2D eigenvalue weighted by molar-refractivity contribution is -0.158. The fourth-order valence-electron chi connectivity index (χ4n) is 3.93. The summed E-state index contributed by atoms with van der Waals surface area (Å²) >= 11 is 0. The molecule has 0 unspecified atom stereocenters. The van der Waals surface area contributed by atoms with Crippen LogP contribution in [0.5, 0.6) is 0 Å². The largest absolute Gasteiger partial charge is 0.378 e. The number of rotatable bonds is 5. The highest BCUT2D eigenvalue weighted by molar-refractivity contribution is 6.04. The summed E-state index contributed by atoms with van der Waals surface area (Å²) in [7, 11) is 0. The van der Waals surface area contributed by atoms with Crippen molar-refractivity contribution in [2.24, 2.45) is 5.73 Å². The van der Waals surface area contributed by atoms with Crippen LogP contribution in [0.4, 0.5) is 8.78 Å². The zero-order valence-corrected chi connectivity index (χ0v) is 17.5. The monoisotopic (exact) mass is 445 g/mol. The van der Waals surface area contributed by atoms with Crippen molar-refractivity contribution in [3.63, 3.8) is 0 Å². The predicted octanol–water partition coefficient (Wildman–Crippen LogP) is 1.76. The number of carbonyl (C=O) groups is 3. The Morgan fingerprint density at radius 2 is 1.75 bits per heavy atom. The number of nitrogens with zero attached hydrogens (tertiary/aromatic N) is 1. The summed E-state index contributed by atoms with van der Waals surface area (Å²) < 4.78 is 27.3. The first-order valence-electron chi connectivity index (χ1n) is 10.3. The number of benzene rings is 2. The fourth-order valence-corrected chi connectivity index (χ4v) is 3.93. The molecule has 3 rings (SSSR count). The van der Waals surface area contributed by atoms with Crippen molar-refractivity contribution in [3.05, 3.63) is 71.3 Å². The van der Waals surface area contributed by atoms with Gasteiger partial charge in [0, 0.05) is 18.5 Å². The first-order chi connectivity index (χ1) is 15.2. The van der Waals surface area contributed by atoms with Crippen LogP contribution >= 0.6 is 0 Å². The van der Waals surface area contributed by atoms with Crippen molar-refractivity contribution in [2.45, 2.75) is 43.9 Å². The van der Waals surface area contributed by atoms with Gasteiger partial charge in [-0.2, -0.15) is 0 Å². The molecule has 2 aromatic carbocycles. The molecule has 3 amide bonds. The molecule has 1 saturated heterocycles. The smallest absolute Gasteiger partial charge is 0.263 e. The molecule has 7 nitrogen and oxygen atoms in total. The number of hydrogen-bond donors (Lipinski definition) is 3. The SMILES string of the molecule is C[C@H](N)C(=O)N(C(=O)[C@H](O)c1cc(F)cc(F)c1)[C@@H]1C(=O)NCCC[C@@H]1c1ccccc1. The van der Waals surface area contributed by atoms with Gasteiger partial charge in [0.05, 0.1) is 6.04 Å². The Morgan fingerprint density at radius 3 is 2.34 bits per heavy atom. The average Bonchev–Trinajstić information content (AvgIpc) is 2.95. The maximum absolute atomic E-state index is 13.7. The van der Waals surface area contributed by atoms with Gasteiger partial charge in [0.15, 0.2) is 6.10 Å². The van der Waals surface area contributed by atoms with Crippen LogP contribution in [0.1, 0.15) is 42.9 Å². The third-order valence-corrected chi connectivity index (χ3v) is 5.45. The van der Waals surface area contributed by atoms with E-state index < -0.39 is 53.5 Å². The van der Waals surface area contributed by atoms with E-state index in [-0.39, 0.29) is 5.56 Å². The maximum Gasteiger partial charge on any atom is 0.263 e. The van der Waals surface area contributed by atoms with Crippen LogP contribution in [-0.4, -0.2) is 46.4 Å². The molecule has 0 aliphatic carbocycles. The highest BCUT2D eigenvalue weighted by atomic mass is 19.1. The van der Waals surface area contributed by atoms with Crippen LogP contribution in [0.3, 0.4) is 0 Å². The molecule has 4 atom stereocenters. The Kier molecular flexibility index (Phi) is 7.32. The van der Waals surface area contributed by atoms with Gasteiger partial charge in [-0.25, -0.2) is 8.78 Å². The number of amides is 3. The molecule has 170 valence electrons. The summed E-state index contributed by atoms with van der Waals surface area (Å²) in [6.07, 6.45) is -0.988. The summed E-state index contributed by atoms with van der Waals surface area (Å²) in [6.45, 7) is 1.70. The van der Waals surface area contributed by atoms with E-state index in [0.717, 1.165) is 17.7 Å². The topological polar surface area (TPSA) is 113 Å². The Balaban J connectivity index is 2.08. The lowest BCUT2D eigenvalue weighted by Crippen LogP contribution is -2.58. The lowest BCUT2D eigenvalue weighted by Gasteiger charge is -2.35. The molecule has 0 radical (unpaired) electrons. The highest BCUT2D eigenvalue weighted by Crippen LogP contribution is 2.32. The van der Waals surface area contributed by atoms with Crippen molar-refractivity contribution >= 4 is 17.7 Å². The molecule has 1 fully saturated rings. The number of aliphatic hydroxyl groups is 1. The van der Waals surface area contributed by atoms with Gasteiger partial charge in [0.1, 0.15) is 17.7 Å². The van der Waals surface area contributed by atoms with Gasteiger partial charge < -0.3 is 16.2 Å². The number of hydrogen-bond acceptors (Lipinski definition) is 5. The van der Waals surface area contributed by atoms with E-state index in [9.17, 15) is 28.3 Å². The molecule has 1 aliphatic rings. The second kappa shape index (κ2) is 9.97. The van der Waals surface area contributed by atoms with Crippen molar-refractivity contribution in [1.29, 1.82) is 0 Å². The quantitative estimate of drug-likeness (QED) is 0.649. The van der Waals surface area contributed by atoms with E-state index in [1.165, 1.54) is 6.92 Å². The zero-order chi connectivity index (χ0) is 23.4. The average molecular weight is 445 g/mol. The Labute approximate surface area is 184 Å². The van der Waals surface area contributed by atoms with Crippen molar-refractivity contribution in [3.8, 4) is 0 Å². The number of aliphatic hydroxyl groups excluding tert-OH is 1. The molecule has 2 aromatic rings. The van der Waals surface area contributed by atoms with Crippen LogP contribution in [-0.2, 0) is 14.4 Å². The van der Waals surface area contributed by atoms with E-state index in [0.29, 0.717) is 30.4 Å². The number of nitrogens with one attached hydrogen (secondary N) is 1. The summed E-state index contributed by atoms with van der Waals surface area (Å²) in [5.41, 5.74) is 6.12. The minimum atomic E-state index is -2.07. The first-order valence-corrected chi connectivity index (χ1v) is 10.3.